The lowest BCUT2D eigenvalue weighted by molar-refractivity contribution is 0.0695. The van der Waals surface area contributed by atoms with Gasteiger partial charge in [-0.15, -0.1) is 0 Å². The summed E-state index contributed by atoms with van der Waals surface area (Å²) in [7, 11) is 0. The lowest BCUT2D eigenvalue weighted by Crippen LogP contribution is -2.46. The molecule has 1 aromatic carbocycles. The Kier molecular flexibility index (Phi) is 7.59. The summed E-state index contributed by atoms with van der Waals surface area (Å²) in [6, 6.07) is 4.81. The summed E-state index contributed by atoms with van der Waals surface area (Å²) in [5.41, 5.74) is 0.594. The number of allylic oxidation sites excluding steroid dienone is 3. The summed E-state index contributed by atoms with van der Waals surface area (Å²) in [5, 5.41) is 9.71. The second-order valence-corrected chi connectivity index (χ2v) is 10.8. The molecular formula is C30H30ClFN6O3. The normalized spacial score (nSPS) is 17.8. The van der Waals surface area contributed by atoms with Crippen molar-refractivity contribution in [2.75, 3.05) is 44.2 Å². The van der Waals surface area contributed by atoms with Crippen LogP contribution in [-0.2, 0) is 6.54 Å². The maximum absolute atomic E-state index is 15.7. The number of fused-ring (bicyclic) bond motifs is 1. The van der Waals surface area contributed by atoms with Crippen LogP contribution in [0, 0.1) is 5.82 Å². The van der Waals surface area contributed by atoms with Gasteiger partial charge in [0.1, 0.15) is 17.2 Å². The fourth-order valence-corrected chi connectivity index (χ4v) is 6.13. The number of carboxylic acids is 1. The molecule has 0 radical (unpaired) electrons. The summed E-state index contributed by atoms with van der Waals surface area (Å²) in [4.78, 5) is 40.6. The van der Waals surface area contributed by atoms with Crippen molar-refractivity contribution < 1.29 is 14.3 Å². The Morgan fingerprint density at radius 2 is 1.83 bits per heavy atom. The maximum Gasteiger partial charge on any atom is 0.341 e. The SMILES string of the molecule is O=C(O)c1cn(-c2ccc(CN3CCCC3)nc2)c2c(Cl)c(N3CCN(C4=CCC=CC=N4)CC3)c(F)cc2c1=O. The summed E-state index contributed by atoms with van der Waals surface area (Å²) >= 11 is 6.92. The summed E-state index contributed by atoms with van der Waals surface area (Å²) in [6.45, 7) is 5.02. The summed E-state index contributed by atoms with van der Waals surface area (Å²) in [6.07, 6.45) is 13.8. The maximum atomic E-state index is 15.7. The van der Waals surface area contributed by atoms with Gasteiger partial charge in [-0.1, -0.05) is 17.7 Å². The summed E-state index contributed by atoms with van der Waals surface area (Å²) in [5.74, 6) is -1.18. The van der Waals surface area contributed by atoms with E-state index >= 15 is 4.39 Å². The number of aliphatic imine (C=N–C) groups is 1. The molecule has 2 saturated heterocycles. The van der Waals surface area contributed by atoms with E-state index in [1.54, 1.807) is 12.4 Å². The fraction of sp³-hybridized carbons (Fsp3) is 0.333. The number of likely N-dealkylation sites (tertiary alicyclic amines) is 1. The Hall–Kier alpha value is -4.02. The monoisotopic (exact) mass is 576 g/mol. The van der Waals surface area contributed by atoms with Gasteiger partial charge in [0.2, 0.25) is 5.43 Å². The number of aromatic carboxylic acids is 1. The molecular weight excluding hydrogens is 547 g/mol. The van der Waals surface area contributed by atoms with Crippen molar-refractivity contribution >= 4 is 40.4 Å². The molecule has 0 aliphatic carbocycles. The molecule has 0 spiro atoms. The van der Waals surface area contributed by atoms with E-state index in [4.69, 9.17) is 11.6 Å². The molecule has 11 heteroatoms. The van der Waals surface area contributed by atoms with E-state index in [1.165, 1.54) is 23.6 Å². The Bertz CT molecular complexity index is 1630. The quantitative estimate of drug-likeness (QED) is 0.463. The van der Waals surface area contributed by atoms with Crippen LogP contribution in [0.3, 0.4) is 0 Å². The molecule has 3 aromatic rings. The van der Waals surface area contributed by atoms with Gasteiger partial charge in [-0.2, -0.15) is 0 Å². The molecule has 41 heavy (non-hydrogen) atoms. The Morgan fingerprint density at radius 1 is 1.07 bits per heavy atom. The number of piperazine rings is 1. The van der Waals surface area contributed by atoms with E-state index in [0.29, 0.717) is 31.9 Å². The van der Waals surface area contributed by atoms with Gasteiger partial charge in [0.05, 0.1) is 39.2 Å². The average Bonchev–Trinajstić information content (AvgIpc) is 3.33. The van der Waals surface area contributed by atoms with Crippen LogP contribution in [0.25, 0.3) is 16.6 Å². The van der Waals surface area contributed by atoms with Crippen LogP contribution in [0.5, 0.6) is 0 Å². The number of halogens is 2. The van der Waals surface area contributed by atoms with Gasteiger partial charge in [0.25, 0.3) is 0 Å². The van der Waals surface area contributed by atoms with Gasteiger partial charge >= 0.3 is 5.97 Å². The largest absolute Gasteiger partial charge is 0.477 e. The van der Waals surface area contributed by atoms with E-state index in [-0.39, 0.29) is 21.6 Å². The molecule has 212 valence electrons. The van der Waals surface area contributed by atoms with Crippen molar-refractivity contribution in [1.29, 1.82) is 0 Å². The second-order valence-electron chi connectivity index (χ2n) is 10.4. The Morgan fingerprint density at radius 3 is 2.54 bits per heavy atom. The van der Waals surface area contributed by atoms with Gasteiger partial charge in [0.15, 0.2) is 0 Å². The van der Waals surface area contributed by atoms with E-state index in [0.717, 1.165) is 43.6 Å². The summed E-state index contributed by atoms with van der Waals surface area (Å²) < 4.78 is 17.2. The minimum Gasteiger partial charge on any atom is -0.477 e. The van der Waals surface area contributed by atoms with Gasteiger partial charge in [-0.25, -0.2) is 14.2 Å². The highest BCUT2D eigenvalue weighted by Crippen LogP contribution is 2.37. The third kappa shape index (κ3) is 5.37. The number of pyridine rings is 2. The number of carbonyl (C=O) groups is 1. The molecule has 9 nitrogen and oxygen atoms in total. The van der Waals surface area contributed by atoms with Crippen LogP contribution in [0.1, 0.15) is 35.3 Å². The van der Waals surface area contributed by atoms with Crippen LogP contribution in [0.2, 0.25) is 5.02 Å². The Balaban J connectivity index is 1.38. The molecule has 0 saturated carbocycles. The van der Waals surface area contributed by atoms with Crippen molar-refractivity contribution in [2.45, 2.75) is 25.8 Å². The van der Waals surface area contributed by atoms with Crippen LogP contribution in [0.15, 0.2) is 64.4 Å². The lowest BCUT2D eigenvalue weighted by atomic mass is 10.1. The fourth-order valence-electron chi connectivity index (χ4n) is 5.73. The molecule has 2 fully saturated rings. The lowest BCUT2D eigenvalue weighted by Gasteiger charge is -2.38. The van der Waals surface area contributed by atoms with Crippen molar-refractivity contribution in [3.05, 3.63) is 87.0 Å². The zero-order valence-electron chi connectivity index (χ0n) is 22.5. The number of hydrogen-bond donors (Lipinski definition) is 1. The predicted octanol–water partition coefficient (Wildman–Crippen LogP) is 4.47. The molecule has 5 heterocycles. The Labute approximate surface area is 241 Å². The minimum atomic E-state index is -1.40. The first-order valence-electron chi connectivity index (χ1n) is 13.8. The number of benzene rings is 1. The van der Waals surface area contributed by atoms with Gasteiger partial charge in [-0.3, -0.25) is 14.7 Å². The highest BCUT2D eigenvalue weighted by molar-refractivity contribution is 6.38. The van der Waals surface area contributed by atoms with Crippen LogP contribution < -0.4 is 10.3 Å². The van der Waals surface area contributed by atoms with Crippen molar-refractivity contribution in [3.8, 4) is 5.69 Å². The molecule has 3 aliphatic heterocycles. The highest BCUT2D eigenvalue weighted by atomic mass is 35.5. The van der Waals surface area contributed by atoms with Gasteiger partial charge in [0, 0.05) is 45.1 Å². The molecule has 0 atom stereocenters. The standard InChI is InChI=1S/C30H30ClFN6O3/c31-26-27-22(16-24(32)28(26)37-14-12-36(13-15-37)25-6-2-1-3-9-33-25)29(39)23(30(40)41)19-38(27)21-8-7-20(34-17-21)18-35-10-4-5-11-35/h1,3,6-9,16-17,19H,2,4-5,10-15,18H2,(H,40,41). The topological polar surface area (TPSA) is 94.3 Å². The molecule has 1 N–H and O–H groups in total. The first-order chi connectivity index (χ1) is 19.9. The smallest absolute Gasteiger partial charge is 0.341 e. The molecule has 0 bridgehead atoms. The first kappa shape index (κ1) is 27.2. The molecule has 3 aliphatic rings. The zero-order valence-corrected chi connectivity index (χ0v) is 23.2. The number of hydrogen-bond acceptors (Lipinski definition) is 7. The van der Waals surface area contributed by atoms with E-state index in [9.17, 15) is 14.7 Å². The van der Waals surface area contributed by atoms with Crippen LogP contribution >= 0.6 is 11.6 Å². The van der Waals surface area contributed by atoms with Gasteiger partial charge in [-0.05, 0) is 62.7 Å². The van der Waals surface area contributed by atoms with Gasteiger partial charge < -0.3 is 19.5 Å². The minimum absolute atomic E-state index is 0.0551. The first-order valence-corrected chi connectivity index (χ1v) is 14.2. The van der Waals surface area contributed by atoms with E-state index in [1.807, 2.05) is 29.2 Å². The van der Waals surface area contributed by atoms with Crippen molar-refractivity contribution in [2.24, 2.45) is 4.99 Å². The molecule has 6 rings (SSSR count). The highest BCUT2D eigenvalue weighted by Gasteiger charge is 2.27. The van der Waals surface area contributed by atoms with Crippen LogP contribution in [0.4, 0.5) is 10.1 Å². The number of nitrogens with zero attached hydrogens (tertiary/aromatic N) is 6. The van der Waals surface area contributed by atoms with Crippen molar-refractivity contribution in [3.63, 3.8) is 0 Å². The number of rotatable bonds is 6. The molecule has 0 amide bonds. The number of aromatic nitrogens is 2. The predicted molar refractivity (Wildman–Crippen MR) is 158 cm³/mol. The number of anilines is 1. The van der Waals surface area contributed by atoms with Crippen LogP contribution in [-0.4, -0.2) is 75.9 Å². The van der Waals surface area contributed by atoms with E-state index < -0.39 is 22.8 Å². The third-order valence-corrected chi connectivity index (χ3v) is 8.20. The third-order valence-electron chi connectivity index (χ3n) is 7.84. The average molecular weight is 577 g/mol. The zero-order chi connectivity index (χ0) is 28.5. The molecule has 0 unspecified atom stereocenters. The van der Waals surface area contributed by atoms with Crippen molar-refractivity contribution in [1.82, 2.24) is 19.4 Å². The molecule has 2 aromatic heterocycles. The number of carboxylic acid groups (broad SMARTS) is 1. The second kappa shape index (κ2) is 11.5. The van der Waals surface area contributed by atoms with E-state index in [2.05, 4.69) is 25.9 Å².